The molecule has 4 heteroatoms. The first kappa shape index (κ1) is 11.2. The number of aliphatic hydroxyl groups is 1. The van der Waals surface area contributed by atoms with Crippen LogP contribution in [-0.4, -0.2) is 41.9 Å². The maximum atomic E-state index is 11.1. The first-order valence-corrected chi connectivity index (χ1v) is 4.21. The standard InChI is InChI=1S/C8H17NO3/c1-4-9(5-2)8(11)12-6-7(3)10/h7,10H,4-6H2,1-3H3. The van der Waals surface area contributed by atoms with Gasteiger partial charge in [0.25, 0.3) is 0 Å². The van der Waals surface area contributed by atoms with Gasteiger partial charge in [-0.05, 0) is 20.8 Å². The Morgan fingerprint density at radius 3 is 2.33 bits per heavy atom. The van der Waals surface area contributed by atoms with Crippen molar-refractivity contribution in [3.05, 3.63) is 0 Å². The van der Waals surface area contributed by atoms with Gasteiger partial charge in [-0.15, -0.1) is 0 Å². The Labute approximate surface area is 73.1 Å². The molecule has 0 aliphatic carbocycles. The SMILES string of the molecule is CCN(CC)C(=O)OCC(C)O. The summed E-state index contributed by atoms with van der Waals surface area (Å²) >= 11 is 0. The molecule has 1 N–H and O–H groups in total. The largest absolute Gasteiger partial charge is 0.447 e. The molecular weight excluding hydrogens is 158 g/mol. The molecule has 0 aliphatic rings. The van der Waals surface area contributed by atoms with Gasteiger partial charge in [0.2, 0.25) is 0 Å². The fraction of sp³-hybridized carbons (Fsp3) is 0.875. The molecule has 72 valence electrons. The molecule has 0 aliphatic heterocycles. The van der Waals surface area contributed by atoms with E-state index in [4.69, 9.17) is 9.84 Å². The molecule has 0 spiro atoms. The predicted octanol–water partition coefficient (Wildman–Crippen LogP) is 0.846. The molecule has 0 rings (SSSR count). The van der Waals surface area contributed by atoms with Crippen molar-refractivity contribution in [1.82, 2.24) is 4.90 Å². The summed E-state index contributed by atoms with van der Waals surface area (Å²) in [6, 6.07) is 0. The van der Waals surface area contributed by atoms with Crippen LogP contribution in [0.15, 0.2) is 0 Å². The second kappa shape index (κ2) is 5.83. The summed E-state index contributed by atoms with van der Waals surface area (Å²) in [5.41, 5.74) is 0. The molecule has 1 unspecified atom stereocenters. The third kappa shape index (κ3) is 4.18. The van der Waals surface area contributed by atoms with Crippen molar-refractivity contribution in [2.24, 2.45) is 0 Å². The third-order valence-electron chi connectivity index (χ3n) is 1.47. The molecule has 0 saturated heterocycles. The van der Waals surface area contributed by atoms with Crippen molar-refractivity contribution in [2.45, 2.75) is 26.9 Å². The lowest BCUT2D eigenvalue weighted by Crippen LogP contribution is -2.32. The molecule has 0 aromatic heterocycles. The average molecular weight is 175 g/mol. The van der Waals surface area contributed by atoms with Crippen LogP contribution in [0.1, 0.15) is 20.8 Å². The van der Waals surface area contributed by atoms with E-state index in [0.717, 1.165) is 0 Å². The summed E-state index contributed by atoms with van der Waals surface area (Å²) in [5.74, 6) is 0. The topological polar surface area (TPSA) is 49.8 Å². The molecule has 4 nitrogen and oxygen atoms in total. The van der Waals surface area contributed by atoms with Gasteiger partial charge in [0, 0.05) is 13.1 Å². The van der Waals surface area contributed by atoms with Crippen molar-refractivity contribution in [1.29, 1.82) is 0 Å². The summed E-state index contributed by atoms with van der Waals surface area (Å²) in [6.45, 7) is 6.68. The highest BCUT2D eigenvalue weighted by molar-refractivity contribution is 5.67. The number of ether oxygens (including phenoxy) is 1. The first-order chi connectivity index (χ1) is 5.61. The van der Waals surface area contributed by atoms with Crippen molar-refractivity contribution in [3.63, 3.8) is 0 Å². The number of hydrogen-bond acceptors (Lipinski definition) is 3. The van der Waals surface area contributed by atoms with E-state index < -0.39 is 6.10 Å². The van der Waals surface area contributed by atoms with Crippen LogP contribution in [0.4, 0.5) is 4.79 Å². The summed E-state index contributed by atoms with van der Waals surface area (Å²) in [4.78, 5) is 12.7. The second-order valence-corrected chi connectivity index (χ2v) is 2.60. The Hall–Kier alpha value is -0.770. The van der Waals surface area contributed by atoms with E-state index in [2.05, 4.69) is 0 Å². The number of aliphatic hydroxyl groups excluding tert-OH is 1. The van der Waals surface area contributed by atoms with Crippen molar-refractivity contribution in [3.8, 4) is 0 Å². The Kier molecular flexibility index (Phi) is 5.45. The average Bonchev–Trinajstić information content (AvgIpc) is 2.03. The van der Waals surface area contributed by atoms with Crippen LogP contribution in [-0.2, 0) is 4.74 Å². The smallest absolute Gasteiger partial charge is 0.409 e. The zero-order chi connectivity index (χ0) is 9.56. The fourth-order valence-corrected chi connectivity index (χ4v) is 0.765. The minimum Gasteiger partial charge on any atom is -0.447 e. The normalized spacial score (nSPS) is 12.3. The van der Waals surface area contributed by atoms with Crippen molar-refractivity contribution < 1.29 is 14.6 Å². The lowest BCUT2D eigenvalue weighted by molar-refractivity contribution is 0.0568. The van der Waals surface area contributed by atoms with Crippen LogP contribution < -0.4 is 0 Å². The van der Waals surface area contributed by atoms with Crippen LogP contribution in [0.3, 0.4) is 0 Å². The number of carbonyl (C=O) groups is 1. The monoisotopic (exact) mass is 175 g/mol. The Balaban J connectivity index is 3.69. The van der Waals surface area contributed by atoms with E-state index in [1.807, 2.05) is 13.8 Å². The van der Waals surface area contributed by atoms with Gasteiger partial charge in [0.05, 0.1) is 6.10 Å². The lowest BCUT2D eigenvalue weighted by Gasteiger charge is -2.18. The van der Waals surface area contributed by atoms with Gasteiger partial charge >= 0.3 is 6.09 Å². The molecule has 0 radical (unpaired) electrons. The molecule has 12 heavy (non-hydrogen) atoms. The summed E-state index contributed by atoms with van der Waals surface area (Å²) in [6.07, 6.45) is -0.953. The Morgan fingerprint density at radius 1 is 1.50 bits per heavy atom. The van der Waals surface area contributed by atoms with E-state index in [1.54, 1.807) is 11.8 Å². The van der Waals surface area contributed by atoms with Crippen LogP contribution in [0.5, 0.6) is 0 Å². The minimum absolute atomic E-state index is 0.0648. The van der Waals surface area contributed by atoms with Crippen LogP contribution in [0.2, 0.25) is 0 Å². The van der Waals surface area contributed by atoms with Crippen LogP contribution >= 0.6 is 0 Å². The molecule has 1 atom stereocenters. The lowest BCUT2D eigenvalue weighted by atomic mass is 10.4. The molecule has 0 fully saturated rings. The van der Waals surface area contributed by atoms with E-state index in [1.165, 1.54) is 0 Å². The summed E-state index contributed by atoms with van der Waals surface area (Å²) < 4.78 is 4.78. The quantitative estimate of drug-likeness (QED) is 0.689. The highest BCUT2D eigenvalue weighted by Gasteiger charge is 2.10. The van der Waals surface area contributed by atoms with Gasteiger partial charge in [0.15, 0.2) is 0 Å². The van der Waals surface area contributed by atoms with Gasteiger partial charge in [-0.3, -0.25) is 0 Å². The van der Waals surface area contributed by atoms with Crippen molar-refractivity contribution >= 4 is 6.09 Å². The number of rotatable bonds is 4. The molecular formula is C8H17NO3. The third-order valence-corrected chi connectivity index (χ3v) is 1.47. The first-order valence-electron chi connectivity index (χ1n) is 4.21. The van der Waals surface area contributed by atoms with Crippen LogP contribution in [0.25, 0.3) is 0 Å². The minimum atomic E-state index is -0.593. The van der Waals surface area contributed by atoms with Gasteiger partial charge in [-0.25, -0.2) is 4.79 Å². The molecule has 0 bridgehead atoms. The molecule has 0 aromatic carbocycles. The number of nitrogens with zero attached hydrogens (tertiary/aromatic N) is 1. The zero-order valence-electron chi connectivity index (χ0n) is 7.91. The Morgan fingerprint density at radius 2 is 2.00 bits per heavy atom. The number of amides is 1. The number of carbonyl (C=O) groups excluding carboxylic acids is 1. The Bertz CT molecular complexity index is 132. The summed E-state index contributed by atoms with van der Waals surface area (Å²) in [5, 5.41) is 8.83. The second-order valence-electron chi connectivity index (χ2n) is 2.60. The predicted molar refractivity (Wildman–Crippen MR) is 45.9 cm³/mol. The number of hydrogen-bond donors (Lipinski definition) is 1. The maximum absolute atomic E-state index is 11.1. The van der Waals surface area contributed by atoms with Crippen LogP contribution in [0, 0.1) is 0 Å². The molecule has 0 saturated carbocycles. The van der Waals surface area contributed by atoms with E-state index >= 15 is 0 Å². The van der Waals surface area contributed by atoms with Crippen molar-refractivity contribution in [2.75, 3.05) is 19.7 Å². The van der Waals surface area contributed by atoms with Gasteiger partial charge in [-0.1, -0.05) is 0 Å². The van der Waals surface area contributed by atoms with E-state index in [9.17, 15) is 4.79 Å². The maximum Gasteiger partial charge on any atom is 0.409 e. The van der Waals surface area contributed by atoms with Gasteiger partial charge in [-0.2, -0.15) is 0 Å². The highest BCUT2D eigenvalue weighted by Crippen LogP contribution is 1.94. The zero-order valence-corrected chi connectivity index (χ0v) is 7.91. The van der Waals surface area contributed by atoms with E-state index in [0.29, 0.717) is 13.1 Å². The van der Waals surface area contributed by atoms with Gasteiger partial charge in [0.1, 0.15) is 6.61 Å². The molecule has 1 amide bonds. The highest BCUT2D eigenvalue weighted by atomic mass is 16.6. The molecule has 0 heterocycles. The molecule has 0 aromatic rings. The fourth-order valence-electron chi connectivity index (χ4n) is 0.765. The summed E-state index contributed by atoms with van der Waals surface area (Å²) in [7, 11) is 0. The van der Waals surface area contributed by atoms with Gasteiger partial charge < -0.3 is 14.7 Å². The van der Waals surface area contributed by atoms with E-state index in [-0.39, 0.29) is 12.7 Å².